The van der Waals surface area contributed by atoms with Crippen LogP contribution >= 0.6 is 11.8 Å². The second kappa shape index (κ2) is 8.55. The van der Waals surface area contributed by atoms with E-state index in [9.17, 15) is 4.79 Å². The van der Waals surface area contributed by atoms with E-state index in [0.717, 1.165) is 41.6 Å². The molecule has 1 amide bonds. The first kappa shape index (κ1) is 19.3. The van der Waals surface area contributed by atoms with Gasteiger partial charge in [0.05, 0.1) is 12.9 Å². The number of thioether (sulfide) groups is 1. The molecule has 0 unspecified atom stereocenters. The van der Waals surface area contributed by atoms with Crippen molar-refractivity contribution in [3.63, 3.8) is 0 Å². The highest BCUT2D eigenvalue weighted by Gasteiger charge is 2.29. The Hall–Kier alpha value is -2.02. The molecule has 2 fully saturated rings. The van der Waals surface area contributed by atoms with Crippen LogP contribution in [0.4, 0.5) is 0 Å². The number of ether oxygens (including phenoxy) is 1. The standard InChI is InChI=1S/C21H28N4O2S/c1-14-5-3-4-6-18(14)25-20(15-7-11-17(27-2)12-8-15)23-24-21(25)28-13-19(26)22-16-9-10-16/h7-8,11-12,14,16,18H,3-6,9-10,13H2,1-2H3,(H,22,26)/t14-,18+/m0/s1. The van der Waals surface area contributed by atoms with Gasteiger partial charge in [-0.1, -0.05) is 31.5 Å². The maximum Gasteiger partial charge on any atom is 0.230 e. The molecule has 0 aliphatic heterocycles. The minimum atomic E-state index is 0.0877. The summed E-state index contributed by atoms with van der Waals surface area (Å²) in [6.45, 7) is 2.32. The predicted molar refractivity (Wildman–Crippen MR) is 111 cm³/mol. The molecule has 1 aromatic heterocycles. The van der Waals surface area contributed by atoms with Crippen LogP contribution < -0.4 is 10.1 Å². The van der Waals surface area contributed by atoms with Crippen molar-refractivity contribution in [3.8, 4) is 17.1 Å². The number of rotatable bonds is 7. The van der Waals surface area contributed by atoms with Crippen LogP contribution in [-0.4, -0.2) is 39.6 Å². The van der Waals surface area contributed by atoms with Crippen molar-refractivity contribution >= 4 is 17.7 Å². The van der Waals surface area contributed by atoms with E-state index in [1.165, 1.54) is 31.0 Å². The van der Waals surface area contributed by atoms with E-state index in [2.05, 4.69) is 27.0 Å². The second-order valence-corrected chi connectivity index (χ2v) is 8.81. The summed E-state index contributed by atoms with van der Waals surface area (Å²) < 4.78 is 7.56. The normalized spacial score (nSPS) is 22.1. The van der Waals surface area contributed by atoms with Crippen molar-refractivity contribution in [1.29, 1.82) is 0 Å². The fraction of sp³-hybridized carbons (Fsp3) is 0.571. The molecule has 2 aromatic rings. The lowest BCUT2D eigenvalue weighted by atomic mass is 9.85. The minimum Gasteiger partial charge on any atom is -0.497 e. The van der Waals surface area contributed by atoms with Crippen LogP contribution in [0.3, 0.4) is 0 Å². The first-order chi connectivity index (χ1) is 13.7. The summed E-state index contributed by atoms with van der Waals surface area (Å²) in [7, 11) is 1.67. The molecule has 150 valence electrons. The summed E-state index contributed by atoms with van der Waals surface area (Å²) in [5.74, 6) is 2.75. The number of carbonyl (C=O) groups excluding carboxylic acids is 1. The Labute approximate surface area is 170 Å². The zero-order valence-electron chi connectivity index (χ0n) is 16.6. The summed E-state index contributed by atoms with van der Waals surface area (Å²) in [4.78, 5) is 12.2. The Morgan fingerprint density at radius 2 is 1.93 bits per heavy atom. The number of benzene rings is 1. The van der Waals surface area contributed by atoms with Gasteiger partial charge in [0.1, 0.15) is 5.75 Å². The Bertz CT molecular complexity index is 816. The molecule has 1 aromatic carbocycles. The minimum absolute atomic E-state index is 0.0877. The predicted octanol–water partition coefficient (Wildman–Crippen LogP) is 4.08. The summed E-state index contributed by atoms with van der Waals surface area (Å²) in [5, 5.41) is 12.9. The van der Waals surface area contributed by atoms with E-state index in [-0.39, 0.29) is 5.91 Å². The molecular weight excluding hydrogens is 372 g/mol. The number of hydrogen-bond donors (Lipinski definition) is 1. The lowest BCUT2D eigenvalue weighted by Gasteiger charge is -2.31. The topological polar surface area (TPSA) is 69.0 Å². The van der Waals surface area contributed by atoms with Gasteiger partial charge in [-0.15, -0.1) is 10.2 Å². The summed E-state index contributed by atoms with van der Waals surface area (Å²) >= 11 is 1.50. The van der Waals surface area contributed by atoms with Crippen LogP contribution in [0.15, 0.2) is 29.4 Å². The van der Waals surface area contributed by atoms with Gasteiger partial charge >= 0.3 is 0 Å². The molecule has 2 aliphatic carbocycles. The van der Waals surface area contributed by atoms with Crippen molar-refractivity contribution in [1.82, 2.24) is 20.1 Å². The number of nitrogens with one attached hydrogen (secondary N) is 1. The van der Waals surface area contributed by atoms with Gasteiger partial charge in [0, 0.05) is 17.6 Å². The van der Waals surface area contributed by atoms with Crippen molar-refractivity contribution in [2.24, 2.45) is 5.92 Å². The van der Waals surface area contributed by atoms with Gasteiger partial charge < -0.3 is 10.1 Å². The van der Waals surface area contributed by atoms with Crippen LogP contribution in [-0.2, 0) is 4.79 Å². The average Bonchev–Trinajstić information content (AvgIpc) is 3.43. The third-order valence-corrected chi connectivity index (χ3v) is 6.63. The SMILES string of the molecule is COc1ccc(-c2nnc(SCC(=O)NC3CC3)n2[C@@H]2CCCC[C@@H]2C)cc1. The van der Waals surface area contributed by atoms with Crippen LogP contribution in [0, 0.1) is 5.92 Å². The molecule has 1 N–H and O–H groups in total. The average molecular weight is 401 g/mol. The Kier molecular flexibility index (Phi) is 5.90. The lowest BCUT2D eigenvalue weighted by molar-refractivity contribution is -0.118. The van der Waals surface area contributed by atoms with Crippen LogP contribution in [0.25, 0.3) is 11.4 Å². The van der Waals surface area contributed by atoms with Crippen LogP contribution in [0.2, 0.25) is 0 Å². The molecule has 1 heterocycles. The van der Waals surface area contributed by atoms with E-state index in [1.54, 1.807) is 7.11 Å². The molecule has 6 nitrogen and oxygen atoms in total. The smallest absolute Gasteiger partial charge is 0.230 e. The van der Waals surface area contributed by atoms with Gasteiger partial charge in [-0.05, 0) is 55.9 Å². The number of carbonyl (C=O) groups is 1. The number of amides is 1. The van der Waals surface area contributed by atoms with Gasteiger partial charge in [0.15, 0.2) is 11.0 Å². The summed E-state index contributed by atoms with van der Waals surface area (Å²) in [5.41, 5.74) is 1.03. The quantitative estimate of drug-likeness (QED) is 0.710. The fourth-order valence-electron chi connectivity index (χ4n) is 3.92. The fourth-order valence-corrected chi connectivity index (χ4v) is 4.72. The number of hydrogen-bond acceptors (Lipinski definition) is 5. The van der Waals surface area contributed by atoms with Gasteiger partial charge in [0.25, 0.3) is 0 Å². The van der Waals surface area contributed by atoms with Crippen LogP contribution in [0.5, 0.6) is 5.75 Å². The highest BCUT2D eigenvalue weighted by molar-refractivity contribution is 7.99. The van der Waals surface area contributed by atoms with Gasteiger partial charge in [-0.3, -0.25) is 9.36 Å². The number of aromatic nitrogens is 3. The first-order valence-electron chi connectivity index (χ1n) is 10.2. The van der Waals surface area contributed by atoms with Crippen molar-refractivity contribution in [2.75, 3.05) is 12.9 Å². The van der Waals surface area contributed by atoms with E-state index >= 15 is 0 Å². The van der Waals surface area contributed by atoms with E-state index in [1.807, 2.05) is 24.3 Å². The molecule has 2 aliphatic rings. The zero-order chi connectivity index (χ0) is 19.5. The number of methoxy groups -OCH3 is 1. The number of nitrogens with zero attached hydrogens (tertiary/aromatic N) is 3. The maximum absolute atomic E-state index is 12.2. The highest BCUT2D eigenvalue weighted by atomic mass is 32.2. The Morgan fingerprint density at radius 1 is 1.18 bits per heavy atom. The molecule has 0 spiro atoms. The van der Waals surface area contributed by atoms with Gasteiger partial charge in [-0.2, -0.15) is 0 Å². The van der Waals surface area contributed by atoms with Crippen molar-refractivity contribution in [2.45, 2.75) is 62.7 Å². The first-order valence-corrected chi connectivity index (χ1v) is 11.2. The third-order valence-electron chi connectivity index (χ3n) is 5.69. The van der Waals surface area contributed by atoms with E-state index in [0.29, 0.717) is 23.8 Å². The van der Waals surface area contributed by atoms with Crippen molar-refractivity contribution < 1.29 is 9.53 Å². The molecule has 4 rings (SSSR count). The van der Waals surface area contributed by atoms with Gasteiger partial charge in [-0.25, -0.2) is 0 Å². The molecular formula is C21H28N4O2S. The maximum atomic E-state index is 12.2. The second-order valence-electron chi connectivity index (χ2n) is 7.86. The zero-order valence-corrected chi connectivity index (χ0v) is 17.4. The molecule has 7 heteroatoms. The van der Waals surface area contributed by atoms with Crippen LogP contribution in [0.1, 0.15) is 51.5 Å². The molecule has 2 saturated carbocycles. The molecule has 0 bridgehead atoms. The van der Waals surface area contributed by atoms with Crippen molar-refractivity contribution in [3.05, 3.63) is 24.3 Å². The summed E-state index contributed by atoms with van der Waals surface area (Å²) in [6, 6.07) is 8.72. The molecule has 2 atom stereocenters. The third kappa shape index (κ3) is 4.35. The monoisotopic (exact) mass is 400 g/mol. The van der Waals surface area contributed by atoms with Gasteiger partial charge in [0.2, 0.25) is 5.91 Å². The van der Waals surface area contributed by atoms with E-state index < -0.39 is 0 Å². The van der Waals surface area contributed by atoms with E-state index in [4.69, 9.17) is 4.74 Å². The molecule has 28 heavy (non-hydrogen) atoms. The highest BCUT2D eigenvalue weighted by Crippen LogP contribution is 2.39. The lowest BCUT2D eigenvalue weighted by Crippen LogP contribution is -2.27. The summed E-state index contributed by atoms with van der Waals surface area (Å²) in [6.07, 6.45) is 7.06. The largest absolute Gasteiger partial charge is 0.497 e. The molecule has 0 saturated heterocycles. The Balaban J connectivity index is 1.60. The molecule has 0 radical (unpaired) electrons. The Morgan fingerprint density at radius 3 is 2.61 bits per heavy atom.